The first-order valence-corrected chi connectivity index (χ1v) is 4.98. The number of ether oxygens (including phenoxy) is 1. The maximum absolute atomic E-state index is 11.6. The van der Waals surface area contributed by atoms with Gasteiger partial charge >= 0.3 is 18.0 Å². The lowest BCUT2D eigenvalue weighted by Gasteiger charge is -2.21. The van der Waals surface area contributed by atoms with Crippen LogP contribution in [0.3, 0.4) is 0 Å². The molecule has 0 saturated carbocycles. The Balaban J connectivity index is 2.55. The van der Waals surface area contributed by atoms with E-state index in [0.29, 0.717) is 0 Å². The number of carbonyl (C=O) groups excluding carboxylic acids is 2. The molecule has 3 N–H and O–H groups in total. The van der Waals surface area contributed by atoms with Crippen LogP contribution in [0.4, 0.5) is 4.79 Å². The summed E-state index contributed by atoms with van der Waals surface area (Å²) in [7, 11) is 1.17. The Morgan fingerprint density at radius 3 is 2.65 bits per heavy atom. The van der Waals surface area contributed by atoms with Crippen molar-refractivity contribution in [1.29, 1.82) is 0 Å². The molecule has 17 heavy (non-hydrogen) atoms. The normalized spacial score (nSPS) is 23.3. The SMILES string of the molecule is COC(=O)CNC(=O)N1C[C@H](O)C[C@@H]1C(=O)O. The third-order valence-electron chi connectivity index (χ3n) is 2.44. The molecule has 0 aromatic carbocycles. The zero-order valence-electron chi connectivity index (χ0n) is 9.25. The Morgan fingerprint density at radius 2 is 2.12 bits per heavy atom. The van der Waals surface area contributed by atoms with Crippen LogP contribution in [-0.2, 0) is 14.3 Å². The van der Waals surface area contributed by atoms with Gasteiger partial charge in [-0.1, -0.05) is 0 Å². The fraction of sp³-hybridized carbons (Fsp3) is 0.667. The lowest BCUT2D eigenvalue weighted by Crippen LogP contribution is -2.47. The molecule has 0 unspecified atom stereocenters. The number of aliphatic hydroxyl groups is 1. The van der Waals surface area contributed by atoms with Gasteiger partial charge in [-0.05, 0) is 0 Å². The van der Waals surface area contributed by atoms with Crippen LogP contribution >= 0.6 is 0 Å². The van der Waals surface area contributed by atoms with Gasteiger partial charge in [-0.3, -0.25) is 4.79 Å². The summed E-state index contributed by atoms with van der Waals surface area (Å²) >= 11 is 0. The van der Waals surface area contributed by atoms with Crippen molar-refractivity contribution >= 4 is 18.0 Å². The first kappa shape index (κ1) is 13.2. The van der Waals surface area contributed by atoms with Gasteiger partial charge in [0.15, 0.2) is 0 Å². The van der Waals surface area contributed by atoms with E-state index < -0.39 is 30.1 Å². The molecule has 8 heteroatoms. The molecule has 1 fully saturated rings. The Kier molecular flexibility index (Phi) is 4.27. The summed E-state index contributed by atoms with van der Waals surface area (Å²) in [6, 6.07) is -1.78. The summed E-state index contributed by atoms with van der Waals surface area (Å²) in [5, 5.41) is 20.4. The quantitative estimate of drug-likeness (QED) is 0.516. The highest BCUT2D eigenvalue weighted by Crippen LogP contribution is 2.17. The first-order chi connectivity index (χ1) is 7.95. The summed E-state index contributed by atoms with van der Waals surface area (Å²) in [4.78, 5) is 34.2. The number of amides is 2. The molecule has 0 bridgehead atoms. The van der Waals surface area contributed by atoms with Crippen molar-refractivity contribution in [1.82, 2.24) is 10.2 Å². The van der Waals surface area contributed by atoms with E-state index in [0.717, 1.165) is 4.90 Å². The van der Waals surface area contributed by atoms with Gasteiger partial charge in [-0.25, -0.2) is 9.59 Å². The Morgan fingerprint density at radius 1 is 1.47 bits per heavy atom. The van der Waals surface area contributed by atoms with Crippen molar-refractivity contribution in [3.05, 3.63) is 0 Å². The van der Waals surface area contributed by atoms with Crippen LogP contribution in [0.2, 0.25) is 0 Å². The summed E-state index contributed by atoms with van der Waals surface area (Å²) in [5.74, 6) is -1.82. The van der Waals surface area contributed by atoms with Crippen LogP contribution in [0.5, 0.6) is 0 Å². The fourth-order valence-electron chi connectivity index (χ4n) is 1.59. The molecular weight excluding hydrogens is 232 g/mol. The third kappa shape index (κ3) is 3.31. The highest BCUT2D eigenvalue weighted by molar-refractivity contribution is 5.85. The second kappa shape index (κ2) is 5.48. The van der Waals surface area contributed by atoms with Crippen LogP contribution in [0, 0.1) is 0 Å². The van der Waals surface area contributed by atoms with E-state index in [9.17, 15) is 19.5 Å². The zero-order valence-corrected chi connectivity index (χ0v) is 9.25. The van der Waals surface area contributed by atoms with Crippen molar-refractivity contribution in [3.63, 3.8) is 0 Å². The highest BCUT2D eigenvalue weighted by Gasteiger charge is 2.38. The number of carbonyl (C=O) groups is 3. The lowest BCUT2D eigenvalue weighted by atomic mass is 10.2. The van der Waals surface area contributed by atoms with Crippen LogP contribution in [0.25, 0.3) is 0 Å². The number of nitrogens with one attached hydrogen (secondary N) is 1. The van der Waals surface area contributed by atoms with Gasteiger partial charge in [0, 0.05) is 13.0 Å². The van der Waals surface area contributed by atoms with Crippen LogP contribution in [0.15, 0.2) is 0 Å². The monoisotopic (exact) mass is 246 g/mol. The van der Waals surface area contributed by atoms with Crippen molar-refractivity contribution < 1.29 is 29.3 Å². The molecule has 1 aliphatic rings. The van der Waals surface area contributed by atoms with Crippen molar-refractivity contribution in [2.75, 3.05) is 20.2 Å². The number of urea groups is 1. The van der Waals surface area contributed by atoms with E-state index in [4.69, 9.17) is 5.11 Å². The van der Waals surface area contributed by atoms with Crippen molar-refractivity contribution in [2.45, 2.75) is 18.6 Å². The van der Waals surface area contributed by atoms with Gasteiger partial charge in [-0.15, -0.1) is 0 Å². The summed E-state index contributed by atoms with van der Waals surface area (Å²) in [6.07, 6.45) is -0.874. The summed E-state index contributed by atoms with van der Waals surface area (Å²) < 4.78 is 4.32. The number of hydrogen-bond acceptors (Lipinski definition) is 5. The molecule has 1 rings (SSSR count). The van der Waals surface area contributed by atoms with E-state index in [1.165, 1.54) is 7.11 Å². The molecule has 2 amide bonds. The highest BCUT2D eigenvalue weighted by atomic mass is 16.5. The predicted octanol–water partition coefficient (Wildman–Crippen LogP) is -1.61. The van der Waals surface area contributed by atoms with E-state index in [1.807, 2.05) is 0 Å². The first-order valence-electron chi connectivity index (χ1n) is 4.98. The molecule has 0 radical (unpaired) electrons. The Bertz CT molecular complexity index is 331. The smallest absolute Gasteiger partial charge is 0.326 e. The molecule has 1 saturated heterocycles. The minimum Gasteiger partial charge on any atom is -0.480 e. The second-order valence-electron chi connectivity index (χ2n) is 3.63. The zero-order chi connectivity index (χ0) is 13.0. The van der Waals surface area contributed by atoms with E-state index in [-0.39, 0.29) is 19.5 Å². The molecule has 0 aliphatic carbocycles. The van der Waals surface area contributed by atoms with Crippen LogP contribution in [-0.4, -0.2) is 65.4 Å². The number of carboxylic acids is 1. The maximum atomic E-state index is 11.6. The standard InChI is InChI=1S/C9H14N2O6/c1-17-7(13)3-10-9(16)11-4-5(12)2-6(11)8(14)15/h5-6,12H,2-4H2,1H3,(H,10,16)(H,14,15)/t5-,6-/m1/s1. The number of aliphatic carboxylic acids is 1. The predicted molar refractivity (Wildman–Crippen MR) is 54.2 cm³/mol. The molecule has 8 nitrogen and oxygen atoms in total. The summed E-state index contributed by atoms with van der Waals surface area (Å²) in [5.41, 5.74) is 0. The second-order valence-corrected chi connectivity index (χ2v) is 3.63. The van der Waals surface area contributed by atoms with Crippen molar-refractivity contribution in [3.8, 4) is 0 Å². The number of aliphatic hydroxyl groups excluding tert-OH is 1. The number of β-amino-alcohol motifs (C(OH)–C–C–N with tert-alkyl or cyclic N) is 1. The number of esters is 1. The molecule has 96 valence electrons. The molecule has 1 aliphatic heterocycles. The molecule has 2 atom stereocenters. The largest absolute Gasteiger partial charge is 0.480 e. The minimum atomic E-state index is -1.19. The number of carboxylic acid groups (broad SMARTS) is 1. The lowest BCUT2D eigenvalue weighted by molar-refractivity contribution is -0.141. The van der Waals surface area contributed by atoms with Gasteiger partial charge in [0.25, 0.3) is 0 Å². The van der Waals surface area contributed by atoms with Gasteiger partial charge in [-0.2, -0.15) is 0 Å². The van der Waals surface area contributed by atoms with Gasteiger partial charge in [0.2, 0.25) is 0 Å². The van der Waals surface area contributed by atoms with E-state index in [1.54, 1.807) is 0 Å². The maximum Gasteiger partial charge on any atom is 0.326 e. The third-order valence-corrected chi connectivity index (χ3v) is 2.44. The van der Waals surface area contributed by atoms with Crippen LogP contribution < -0.4 is 5.32 Å². The van der Waals surface area contributed by atoms with Crippen LogP contribution in [0.1, 0.15) is 6.42 Å². The molecule has 1 heterocycles. The molecule has 0 aromatic heterocycles. The summed E-state index contributed by atoms with van der Waals surface area (Å²) in [6.45, 7) is -0.405. The number of hydrogen-bond donors (Lipinski definition) is 3. The average molecular weight is 246 g/mol. The van der Waals surface area contributed by atoms with E-state index in [2.05, 4.69) is 10.1 Å². The molecular formula is C9H14N2O6. The Hall–Kier alpha value is -1.83. The average Bonchev–Trinajstić information content (AvgIpc) is 2.67. The number of likely N-dealkylation sites (tertiary alicyclic amines) is 1. The number of methoxy groups -OCH3 is 1. The van der Waals surface area contributed by atoms with Gasteiger partial charge in [0.1, 0.15) is 12.6 Å². The topological polar surface area (TPSA) is 116 Å². The fourth-order valence-corrected chi connectivity index (χ4v) is 1.59. The van der Waals surface area contributed by atoms with E-state index >= 15 is 0 Å². The van der Waals surface area contributed by atoms with Gasteiger partial charge < -0.3 is 25.2 Å². The number of rotatable bonds is 3. The molecule has 0 aromatic rings. The number of nitrogens with zero attached hydrogens (tertiary/aromatic N) is 1. The minimum absolute atomic E-state index is 0.0129. The van der Waals surface area contributed by atoms with Crippen molar-refractivity contribution in [2.24, 2.45) is 0 Å². The van der Waals surface area contributed by atoms with Gasteiger partial charge in [0.05, 0.1) is 13.2 Å². The Labute approximate surface area is 97.1 Å². The molecule has 0 spiro atoms.